The zero-order valence-corrected chi connectivity index (χ0v) is 20.4. The molecule has 1 aromatic heterocycles. The number of non-ortho nitro benzene ring substituents is 1. The average Bonchev–Trinajstić information content (AvgIpc) is 2.89. The van der Waals surface area contributed by atoms with Gasteiger partial charge in [-0.05, 0) is 69.7 Å². The minimum Gasteiger partial charge on any atom is -0.768 e. The van der Waals surface area contributed by atoms with Gasteiger partial charge in [0.25, 0.3) is 5.69 Å². The van der Waals surface area contributed by atoms with Crippen molar-refractivity contribution in [2.75, 3.05) is 18.6 Å². The Morgan fingerprint density at radius 3 is 2.41 bits per heavy atom. The zero-order chi connectivity index (χ0) is 26.5. The molecule has 4 rings (SSSR count). The van der Waals surface area contributed by atoms with Gasteiger partial charge < -0.3 is 25.5 Å². The maximum Gasteiger partial charge on any atom is 0.269 e. The molecular formula is C25H22N5O6S-. The molecule has 4 N–H and O–H groups in total. The van der Waals surface area contributed by atoms with E-state index in [1.165, 1.54) is 31.4 Å². The van der Waals surface area contributed by atoms with E-state index in [0.717, 1.165) is 5.56 Å². The van der Waals surface area contributed by atoms with Crippen molar-refractivity contribution in [3.63, 3.8) is 0 Å². The molecule has 1 atom stereocenters. The second kappa shape index (κ2) is 11.0. The minimum atomic E-state index is -2.44. The van der Waals surface area contributed by atoms with E-state index in [0.29, 0.717) is 46.0 Å². The smallest absolute Gasteiger partial charge is 0.269 e. The van der Waals surface area contributed by atoms with E-state index in [-0.39, 0.29) is 23.1 Å². The van der Waals surface area contributed by atoms with E-state index < -0.39 is 16.0 Å². The van der Waals surface area contributed by atoms with Gasteiger partial charge in [0.05, 0.1) is 12.0 Å². The van der Waals surface area contributed by atoms with E-state index in [1.54, 1.807) is 30.5 Å². The third-order valence-electron chi connectivity index (χ3n) is 5.59. The highest BCUT2D eigenvalue weighted by molar-refractivity contribution is 7.79. The van der Waals surface area contributed by atoms with Crippen LogP contribution in [0.2, 0.25) is 0 Å². The van der Waals surface area contributed by atoms with Gasteiger partial charge in [-0.3, -0.25) is 14.3 Å². The SMILES string of the molecule is COc1cc(Cc2cnc(N)nc2N)ccc1OCc1ccc(S(=O)[O-])cc1-c1ccc([N+](=O)[O-])cc1. The summed E-state index contributed by atoms with van der Waals surface area (Å²) in [5, 5.41) is 11.0. The molecule has 0 aliphatic rings. The molecule has 0 saturated heterocycles. The maximum absolute atomic E-state index is 11.5. The van der Waals surface area contributed by atoms with Crippen molar-refractivity contribution in [2.45, 2.75) is 17.9 Å². The first kappa shape index (κ1) is 25.5. The highest BCUT2D eigenvalue weighted by Gasteiger charge is 2.13. The predicted molar refractivity (Wildman–Crippen MR) is 137 cm³/mol. The van der Waals surface area contributed by atoms with Crippen molar-refractivity contribution in [1.82, 2.24) is 9.97 Å². The molecule has 1 unspecified atom stereocenters. The van der Waals surface area contributed by atoms with Crippen LogP contribution in [0.1, 0.15) is 16.7 Å². The van der Waals surface area contributed by atoms with Crippen LogP contribution in [0.5, 0.6) is 11.5 Å². The molecule has 0 radical (unpaired) electrons. The third-order valence-corrected chi connectivity index (χ3v) is 6.22. The summed E-state index contributed by atoms with van der Waals surface area (Å²) in [4.78, 5) is 18.6. The van der Waals surface area contributed by atoms with Crippen molar-refractivity contribution < 1.29 is 23.2 Å². The van der Waals surface area contributed by atoms with Crippen LogP contribution in [-0.4, -0.2) is 30.8 Å². The van der Waals surface area contributed by atoms with Crippen molar-refractivity contribution in [2.24, 2.45) is 0 Å². The first-order valence-corrected chi connectivity index (χ1v) is 12.0. The van der Waals surface area contributed by atoms with Crippen LogP contribution in [0.25, 0.3) is 11.1 Å². The topological polar surface area (TPSA) is 180 Å². The number of aromatic nitrogens is 2. The van der Waals surface area contributed by atoms with E-state index in [2.05, 4.69) is 9.97 Å². The zero-order valence-electron chi connectivity index (χ0n) is 19.6. The molecule has 0 bridgehead atoms. The Kier molecular flexibility index (Phi) is 7.60. The lowest BCUT2D eigenvalue weighted by Gasteiger charge is -2.16. The number of hydrogen-bond donors (Lipinski definition) is 2. The van der Waals surface area contributed by atoms with Gasteiger partial charge in [0.2, 0.25) is 5.95 Å². The average molecular weight is 521 g/mol. The number of nitrogens with two attached hydrogens (primary N) is 2. The first-order valence-electron chi connectivity index (χ1n) is 10.9. The van der Waals surface area contributed by atoms with Crippen molar-refractivity contribution in [3.05, 3.63) is 93.7 Å². The van der Waals surface area contributed by atoms with Crippen LogP contribution >= 0.6 is 0 Å². The molecule has 4 aromatic rings. The number of nitro benzene ring substituents is 1. The molecule has 190 valence electrons. The fourth-order valence-corrected chi connectivity index (χ4v) is 4.10. The molecule has 0 spiro atoms. The fraction of sp³-hybridized carbons (Fsp3) is 0.120. The van der Waals surface area contributed by atoms with E-state index >= 15 is 0 Å². The Labute approximate surface area is 214 Å². The molecule has 3 aromatic carbocycles. The van der Waals surface area contributed by atoms with Crippen molar-refractivity contribution in [1.29, 1.82) is 0 Å². The quantitative estimate of drug-likeness (QED) is 0.188. The van der Waals surface area contributed by atoms with Crippen molar-refractivity contribution >= 4 is 28.5 Å². The summed E-state index contributed by atoms with van der Waals surface area (Å²) in [5.74, 6) is 1.36. The molecular weight excluding hydrogens is 498 g/mol. The van der Waals surface area contributed by atoms with Gasteiger partial charge >= 0.3 is 0 Å². The van der Waals surface area contributed by atoms with Crippen LogP contribution in [0.15, 0.2) is 71.8 Å². The van der Waals surface area contributed by atoms with Gasteiger partial charge in [-0.1, -0.05) is 12.1 Å². The molecule has 0 amide bonds. The van der Waals surface area contributed by atoms with Gasteiger partial charge in [-0.15, -0.1) is 0 Å². The molecule has 0 fully saturated rings. The number of benzene rings is 3. The summed E-state index contributed by atoms with van der Waals surface area (Å²) in [6.07, 6.45) is 2.04. The second-order valence-corrected chi connectivity index (χ2v) is 8.89. The van der Waals surface area contributed by atoms with E-state index in [9.17, 15) is 18.9 Å². The first-order chi connectivity index (χ1) is 17.7. The molecule has 0 saturated carbocycles. The van der Waals surface area contributed by atoms with Crippen LogP contribution in [0.4, 0.5) is 17.5 Å². The Bertz CT molecular complexity index is 1480. The molecule has 0 aliphatic carbocycles. The molecule has 1 heterocycles. The lowest BCUT2D eigenvalue weighted by Crippen LogP contribution is -2.04. The summed E-state index contributed by atoms with van der Waals surface area (Å²) >= 11 is -2.44. The Balaban J connectivity index is 1.59. The monoisotopic (exact) mass is 520 g/mol. The molecule has 12 heteroatoms. The van der Waals surface area contributed by atoms with Crippen LogP contribution in [0.3, 0.4) is 0 Å². The van der Waals surface area contributed by atoms with Gasteiger partial charge in [0.1, 0.15) is 12.4 Å². The largest absolute Gasteiger partial charge is 0.768 e. The number of anilines is 2. The third kappa shape index (κ3) is 6.00. The molecule has 11 nitrogen and oxygen atoms in total. The summed E-state index contributed by atoms with van der Waals surface area (Å²) in [6.45, 7) is 0.0898. The number of methoxy groups -OCH3 is 1. The van der Waals surface area contributed by atoms with Crippen molar-refractivity contribution in [3.8, 4) is 22.6 Å². The normalized spacial score (nSPS) is 11.6. The highest BCUT2D eigenvalue weighted by Crippen LogP contribution is 2.33. The number of nitro groups is 1. The summed E-state index contributed by atoms with van der Waals surface area (Å²) in [7, 11) is 1.52. The lowest BCUT2D eigenvalue weighted by molar-refractivity contribution is -0.384. The van der Waals surface area contributed by atoms with Gasteiger partial charge in [-0.25, -0.2) is 4.98 Å². The predicted octanol–water partition coefficient (Wildman–Crippen LogP) is 3.63. The number of rotatable bonds is 9. The summed E-state index contributed by atoms with van der Waals surface area (Å²) < 4.78 is 34.6. The summed E-state index contributed by atoms with van der Waals surface area (Å²) in [5.41, 5.74) is 14.9. The van der Waals surface area contributed by atoms with E-state index in [4.69, 9.17) is 20.9 Å². The van der Waals surface area contributed by atoms with Gasteiger partial charge in [0, 0.05) is 35.2 Å². The maximum atomic E-state index is 11.5. The van der Waals surface area contributed by atoms with Crippen LogP contribution in [0, 0.1) is 10.1 Å². The number of nitrogens with zero attached hydrogens (tertiary/aromatic N) is 3. The molecule has 37 heavy (non-hydrogen) atoms. The van der Waals surface area contributed by atoms with Crippen LogP contribution < -0.4 is 20.9 Å². The highest BCUT2D eigenvalue weighted by atomic mass is 32.2. The fourth-order valence-electron chi connectivity index (χ4n) is 3.70. The molecule has 0 aliphatic heterocycles. The Morgan fingerprint density at radius 1 is 1.00 bits per heavy atom. The van der Waals surface area contributed by atoms with Gasteiger partial charge in [-0.2, -0.15) is 4.98 Å². The standard InChI is InChI=1S/C25H23N5O6S/c1-35-23-11-15(10-18-13-28-25(27)29-24(18)26)2-9-22(23)36-14-17-5-8-20(37(33)34)12-21(17)16-3-6-19(7-4-16)30(31)32/h2-9,11-13H,10,14H2,1H3,(H,33,34)(H4,26,27,28,29)/p-1. The Hall–Kier alpha value is -4.55. The van der Waals surface area contributed by atoms with E-state index in [1.807, 2.05) is 12.1 Å². The minimum absolute atomic E-state index is 0.0674. The second-order valence-electron chi connectivity index (χ2n) is 7.95. The summed E-state index contributed by atoms with van der Waals surface area (Å²) in [6, 6.07) is 15.9. The van der Waals surface area contributed by atoms with Crippen LogP contribution in [-0.2, 0) is 24.1 Å². The lowest BCUT2D eigenvalue weighted by atomic mass is 10.00. The van der Waals surface area contributed by atoms with Gasteiger partial charge in [0.15, 0.2) is 11.5 Å². The Morgan fingerprint density at radius 2 is 1.76 bits per heavy atom. The number of hydrogen-bond acceptors (Lipinski definition) is 10. The number of ether oxygens (including phenoxy) is 2. The number of nitrogen functional groups attached to an aromatic ring is 2.